The highest BCUT2D eigenvalue weighted by molar-refractivity contribution is 7.92. The topological polar surface area (TPSA) is 66.5 Å². The van der Waals surface area contributed by atoms with Gasteiger partial charge >= 0.3 is 0 Å². The summed E-state index contributed by atoms with van der Waals surface area (Å²) in [7, 11) is -3.98. The van der Waals surface area contributed by atoms with E-state index < -0.39 is 28.0 Å². The summed E-state index contributed by atoms with van der Waals surface area (Å²) < 4.78 is 27.2. The summed E-state index contributed by atoms with van der Waals surface area (Å²) in [5.41, 5.74) is -0.277. The fourth-order valence-corrected chi connectivity index (χ4v) is 4.25. The summed E-state index contributed by atoms with van der Waals surface area (Å²) in [6, 6.07) is 12.3. The lowest BCUT2D eigenvalue weighted by molar-refractivity contribution is -0.121. The van der Waals surface area contributed by atoms with Gasteiger partial charge < -0.3 is 5.32 Å². The zero-order valence-electron chi connectivity index (χ0n) is 14.7. The number of amides is 1. The van der Waals surface area contributed by atoms with Crippen LogP contribution in [0.2, 0.25) is 10.0 Å². The Morgan fingerprint density at radius 2 is 1.58 bits per heavy atom. The van der Waals surface area contributed by atoms with Crippen molar-refractivity contribution in [1.82, 2.24) is 5.32 Å². The maximum Gasteiger partial charge on any atom is 0.264 e. The van der Waals surface area contributed by atoms with E-state index in [1.165, 1.54) is 30.3 Å². The van der Waals surface area contributed by atoms with Gasteiger partial charge in [-0.3, -0.25) is 9.10 Å². The van der Waals surface area contributed by atoms with Crippen LogP contribution in [-0.4, -0.2) is 26.4 Å². The molecule has 0 heterocycles. The Balaban J connectivity index is 2.50. The minimum absolute atomic E-state index is 0.0691. The van der Waals surface area contributed by atoms with Gasteiger partial charge in [0.25, 0.3) is 10.0 Å². The van der Waals surface area contributed by atoms with E-state index in [4.69, 9.17) is 23.2 Å². The zero-order chi connectivity index (χ0) is 19.5. The third kappa shape index (κ3) is 5.37. The molecule has 0 radical (unpaired) electrons. The smallest absolute Gasteiger partial charge is 0.264 e. The molecule has 0 saturated heterocycles. The number of carbonyl (C=O) groups excluding carboxylic acids is 1. The van der Waals surface area contributed by atoms with Crippen molar-refractivity contribution in [3.05, 3.63) is 58.6 Å². The van der Waals surface area contributed by atoms with Crippen molar-refractivity contribution in [3.8, 4) is 0 Å². The summed E-state index contributed by atoms with van der Waals surface area (Å²) in [6.45, 7) is 5.05. The van der Waals surface area contributed by atoms with Crippen molar-refractivity contribution in [2.75, 3.05) is 10.8 Å². The molecule has 140 valence electrons. The van der Waals surface area contributed by atoms with Crippen LogP contribution in [0.5, 0.6) is 0 Å². The van der Waals surface area contributed by atoms with Gasteiger partial charge in [-0.15, -0.1) is 0 Å². The predicted molar refractivity (Wildman–Crippen MR) is 105 cm³/mol. The van der Waals surface area contributed by atoms with E-state index in [-0.39, 0.29) is 20.6 Å². The maximum absolute atomic E-state index is 13.1. The van der Waals surface area contributed by atoms with E-state index in [2.05, 4.69) is 5.32 Å². The number of carbonyl (C=O) groups is 1. The number of nitrogens with zero attached hydrogens (tertiary/aromatic N) is 1. The average molecular weight is 415 g/mol. The van der Waals surface area contributed by atoms with Gasteiger partial charge in [-0.05, 0) is 51.1 Å². The van der Waals surface area contributed by atoms with E-state index >= 15 is 0 Å². The van der Waals surface area contributed by atoms with Crippen LogP contribution in [0.4, 0.5) is 5.69 Å². The third-order valence-corrected chi connectivity index (χ3v) is 5.49. The van der Waals surface area contributed by atoms with Crippen LogP contribution in [0.1, 0.15) is 20.8 Å². The largest absolute Gasteiger partial charge is 0.350 e. The monoisotopic (exact) mass is 414 g/mol. The molecule has 0 saturated carbocycles. The van der Waals surface area contributed by atoms with Crippen molar-refractivity contribution in [2.24, 2.45) is 0 Å². The van der Waals surface area contributed by atoms with Crippen LogP contribution >= 0.6 is 23.2 Å². The number of nitrogens with one attached hydrogen (secondary N) is 1. The van der Waals surface area contributed by atoms with Gasteiger partial charge in [0.15, 0.2) is 0 Å². The molecular weight excluding hydrogens is 395 g/mol. The molecule has 0 aliphatic rings. The highest BCUT2D eigenvalue weighted by Gasteiger charge is 2.28. The van der Waals surface area contributed by atoms with E-state index in [1.54, 1.807) is 18.2 Å². The fourth-order valence-electron chi connectivity index (χ4n) is 2.31. The summed E-state index contributed by atoms with van der Waals surface area (Å²) in [4.78, 5) is 12.5. The molecule has 0 fully saturated rings. The molecule has 0 bridgehead atoms. The Hall–Kier alpha value is -1.76. The van der Waals surface area contributed by atoms with Crippen LogP contribution < -0.4 is 9.62 Å². The normalized spacial score (nSPS) is 11.9. The molecule has 5 nitrogen and oxygen atoms in total. The van der Waals surface area contributed by atoms with Crippen molar-refractivity contribution < 1.29 is 13.2 Å². The van der Waals surface area contributed by atoms with Crippen LogP contribution in [-0.2, 0) is 14.8 Å². The van der Waals surface area contributed by atoms with E-state index in [0.29, 0.717) is 0 Å². The minimum atomic E-state index is -3.98. The third-order valence-electron chi connectivity index (χ3n) is 3.27. The van der Waals surface area contributed by atoms with E-state index in [9.17, 15) is 13.2 Å². The van der Waals surface area contributed by atoms with Crippen LogP contribution in [0.25, 0.3) is 0 Å². The first-order chi connectivity index (χ1) is 12.0. The molecule has 0 aliphatic carbocycles. The van der Waals surface area contributed by atoms with Crippen molar-refractivity contribution in [3.63, 3.8) is 0 Å². The standard InChI is InChI=1S/C18H20Cl2N2O3S/c1-18(2,3)21-17(23)12-22(15-10-13(19)9-14(20)11-15)26(24,25)16-7-5-4-6-8-16/h4-11H,12H2,1-3H3,(H,21,23). The lowest BCUT2D eigenvalue weighted by atomic mass is 10.1. The fraction of sp³-hybridized carbons (Fsp3) is 0.278. The van der Waals surface area contributed by atoms with Gasteiger partial charge in [-0.2, -0.15) is 0 Å². The molecule has 1 amide bonds. The molecule has 0 atom stereocenters. The van der Waals surface area contributed by atoms with Crippen LogP contribution in [0.3, 0.4) is 0 Å². The second-order valence-corrected chi connectivity index (χ2v) is 9.49. The number of hydrogen-bond acceptors (Lipinski definition) is 3. The Morgan fingerprint density at radius 1 is 1.04 bits per heavy atom. The molecule has 0 unspecified atom stereocenters. The van der Waals surface area contributed by atoms with Crippen molar-refractivity contribution in [2.45, 2.75) is 31.2 Å². The van der Waals surface area contributed by atoms with Crippen LogP contribution in [0.15, 0.2) is 53.4 Å². The van der Waals surface area contributed by atoms with E-state index in [0.717, 1.165) is 4.31 Å². The molecular formula is C18H20Cl2N2O3S. The molecule has 0 spiro atoms. The SMILES string of the molecule is CC(C)(C)NC(=O)CN(c1cc(Cl)cc(Cl)c1)S(=O)(=O)c1ccccc1. The predicted octanol–water partition coefficient (Wildman–Crippen LogP) is 4.10. The summed E-state index contributed by atoms with van der Waals surface area (Å²) in [5, 5.41) is 3.31. The Bertz CT molecular complexity index is 874. The summed E-state index contributed by atoms with van der Waals surface area (Å²) >= 11 is 12.1. The van der Waals surface area contributed by atoms with Gasteiger partial charge in [0, 0.05) is 15.6 Å². The quantitative estimate of drug-likeness (QED) is 0.800. The first-order valence-corrected chi connectivity index (χ1v) is 10.0. The Kier molecular flexibility index (Phi) is 6.21. The molecule has 0 aromatic heterocycles. The number of hydrogen-bond donors (Lipinski definition) is 1. The summed E-state index contributed by atoms with van der Waals surface area (Å²) in [5.74, 6) is -0.437. The molecule has 26 heavy (non-hydrogen) atoms. The second kappa shape index (κ2) is 7.86. The second-order valence-electron chi connectivity index (χ2n) is 6.75. The highest BCUT2D eigenvalue weighted by atomic mass is 35.5. The number of anilines is 1. The maximum atomic E-state index is 13.1. The van der Waals surface area contributed by atoms with Crippen molar-refractivity contribution in [1.29, 1.82) is 0 Å². The molecule has 1 N–H and O–H groups in total. The van der Waals surface area contributed by atoms with Gasteiger partial charge in [-0.25, -0.2) is 8.42 Å². The lowest BCUT2D eigenvalue weighted by Crippen LogP contribution is -2.47. The van der Waals surface area contributed by atoms with Crippen LogP contribution in [0, 0.1) is 0 Å². The number of benzene rings is 2. The average Bonchev–Trinajstić information content (AvgIpc) is 2.50. The van der Waals surface area contributed by atoms with Gasteiger partial charge in [0.05, 0.1) is 10.6 Å². The minimum Gasteiger partial charge on any atom is -0.350 e. The highest BCUT2D eigenvalue weighted by Crippen LogP contribution is 2.29. The molecule has 8 heteroatoms. The molecule has 2 aromatic rings. The van der Waals surface area contributed by atoms with E-state index in [1.807, 2.05) is 20.8 Å². The lowest BCUT2D eigenvalue weighted by Gasteiger charge is -2.27. The Morgan fingerprint density at radius 3 is 2.08 bits per heavy atom. The first kappa shape index (κ1) is 20.6. The number of sulfonamides is 1. The van der Waals surface area contributed by atoms with Gasteiger partial charge in [0.1, 0.15) is 6.54 Å². The van der Waals surface area contributed by atoms with Gasteiger partial charge in [-0.1, -0.05) is 41.4 Å². The number of halogens is 2. The number of rotatable bonds is 5. The molecule has 2 rings (SSSR count). The van der Waals surface area contributed by atoms with Crippen molar-refractivity contribution >= 4 is 44.8 Å². The molecule has 2 aromatic carbocycles. The summed E-state index contributed by atoms with van der Waals surface area (Å²) in [6.07, 6.45) is 0. The Labute approximate surface area is 164 Å². The zero-order valence-corrected chi connectivity index (χ0v) is 17.0. The first-order valence-electron chi connectivity index (χ1n) is 7.84. The molecule has 0 aliphatic heterocycles. The van der Waals surface area contributed by atoms with Gasteiger partial charge in [0.2, 0.25) is 5.91 Å².